The first kappa shape index (κ1) is 10.2. The molecule has 0 aromatic carbocycles. The van der Waals surface area contributed by atoms with Gasteiger partial charge in [0.25, 0.3) is 0 Å². The highest BCUT2D eigenvalue weighted by Crippen LogP contribution is 2.22. The smallest absolute Gasteiger partial charge is 0.376 e. The molecule has 0 heterocycles. The number of rotatable bonds is 6. The van der Waals surface area contributed by atoms with E-state index in [1.807, 2.05) is 13.8 Å². The minimum atomic E-state index is -1.76. The van der Waals surface area contributed by atoms with Crippen molar-refractivity contribution in [3.8, 4) is 0 Å². The van der Waals surface area contributed by atoms with Crippen molar-refractivity contribution < 1.29 is 13.3 Å². The fourth-order valence-electron chi connectivity index (χ4n) is 1.06. The molecule has 0 bridgehead atoms. The summed E-state index contributed by atoms with van der Waals surface area (Å²) in [6, 6.07) is 0. The van der Waals surface area contributed by atoms with Crippen LogP contribution in [0.4, 0.5) is 0 Å². The van der Waals surface area contributed by atoms with Gasteiger partial charge in [0.15, 0.2) is 0 Å². The molecule has 4 heteroatoms. The standard InChI is InChI=1S/C8H18O3Si/c1-3-9-12(10-4-2)11-8-6-5-7-8/h8,12H,3-7H2,1-2H3. The number of hydrogen-bond donors (Lipinski definition) is 0. The summed E-state index contributed by atoms with van der Waals surface area (Å²) >= 11 is 0. The van der Waals surface area contributed by atoms with Crippen molar-refractivity contribution in [2.75, 3.05) is 13.2 Å². The van der Waals surface area contributed by atoms with Crippen molar-refractivity contribution in [1.29, 1.82) is 0 Å². The van der Waals surface area contributed by atoms with Crippen molar-refractivity contribution in [3.63, 3.8) is 0 Å². The Morgan fingerprint density at radius 1 is 1.17 bits per heavy atom. The molecule has 1 aliphatic carbocycles. The van der Waals surface area contributed by atoms with Gasteiger partial charge in [-0.05, 0) is 33.1 Å². The van der Waals surface area contributed by atoms with E-state index in [9.17, 15) is 0 Å². The predicted octanol–water partition coefficient (Wildman–Crippen LogP) is 1.35. The Labute approximate surface area is 76.0 Å². The zero-order valence-electron chi connectivity index (χ0n) is 7.91. The Bertz CT molecular complexity index is 111. The summed E-state index contributed by atoms with van der Waals surface area (Å²) in [4.78, 5) is 0. The predicted molar refractivity (Wildman–Crippen MR) is 49.1 cm³/mol. The largest absolute Gasteiger partial charge is 0.484 e. The van der Waals surface area contributed by atoms with E-state index in [0.29, 0.717) is 19.3 Å². The third-order valence-corrected chi connectivity index (χ3v) is 3.78. The van der Waals surface area contributed by atoms with Gasteiger partial charge in [0.1, 0.15) is 0 Å². The van der Waals surface area contributed by atoms with Crippen LogP contribution in [-0.4, -0.2) is 28.8 Å². The third kappa shape index (κ3) is 3.22. The second-order valence-electron chi connectivity index (χ2n) is 2.89. The molecule has 1 rings (SSSR count). The lowest BCUT2D eigenvalue weighted by atomic mass is 9.97. The maximum atomic E-state index is 5.66. The quantitative estimate of drug-likeness (QED) is 0.592. The van der Waals surface area contributed by atoms with Gasteiger partial charge in [0, 0.05) is 19.3 Å². The topological polar surface area (TPSA) is 27.7 Å². The average Bonchev–Trinajstić information content (AvgIpc) is 1.97. The highest BCUT2D eigenvalue weighted by Gasteiger charge is 2.25. The van der Waals surface area contributed by atoms with Gasteiger partial charge in [-0.2, -0.15) is 0 Å². The highest BCUT2D eigenvalue weighted by molar-refractivity contribution is 6.36. The second-order valence-corrected chi connectivity index (χ2v) is 4.40. The SMILES string of the molecule is CCO[SiH](OCC)OC1CCC1. The van der Waals surface area contributed by atoms with Crippen molar-refractivity contribution in [2.24, 2.45) is 0 Å². The summed E-state index contributed by atoms with van der Waals surface area (Å²) in [7, 11) is -1.76. The van der Waals surface area contributed by atoms with Crippen LogP contribution in [0, 0.1) is 0 Å². The Balaban J connectivity index is 2.11. The zero-order valence-corrected chi connectivity index (χ0v) is 9.07. The van der Waals surface area contributed by atoms with Gasteiger partial charge in [-0.1, -0.05) is 0 Å². The lowest BCUT2D eigenvalue weighted by molar-refractivity contribution is 0.0284. The summed E-state index contributed by atoms with van der Waals surface area (Å²) in [5, 5.41) is 0. The van der Waals surface area contributed by atoms with E-state index in [2.05, 4.69) is 0 Å². The van der Waals surface area contributed by atoms with E-state index in [-0.39, 0.29) is 0 Å². The second kappa shape index (κ2) is 5.69. The molecule has 3 nitrogen and oxygen atoms in total. The molecule has 0 saturated heterocycles. The van der Waals surface area contributed by atoms with E-state index in [4.69, 9.17) is 13.3 Å². The molecule has 1 fully saturated rings. The molecule has 0 aliphatic heterocycles. The summed E-state index contributed by atoms with van der Waals surface area (Å²) < 4.78 is 16.4. The molecule has 0 N–H and O–H groups in total. The molecular formula is C8H18O3Si. The summed E-state index contributed by atoms with van der Waals surface area (Å²) in [6.45, 7) is 5.35. The van der Waals surface area contributed by atoms with E-state index >= 15 is 0 Å². The van der Waals surface area contributed by atoms with Crippen LogP contribution in [0.25, 0.3) is 0 Å². The summed E-state index contributed by atoms with van der Waals surface area (Å²) in [5.74, 6) is 0. The van der Waals surface area contributed by atoms with Gasteiger partial charge >= 0.3 is 9.53 Å². The van der Waals surface area contributed by atoms with Gasteiger partial charge in [0.05, 0.1) is 0 Å². The van der Waals surface area contributed by atoms with Crippen LogP contribution in [-0.2, 0) is 13.3 Å². The zero-order chi connectivity index (χ0) is 8.81. The molecule has 72 valence electrons. The van der Waals surface area contributed by atoms with Gasteiger partial charge in [-0.25, -0.2) is 0 Å². The van der Waals surface area contributed by atoms with Crippen molar-refractivity contribution in [3.05, 3.63) is 0 Å². The first-order valence-electron chi connectivity index (χ1n) is 4.75. The molecule has 0 unspecified atom stereocenters. The summed E-state index contributed by atoms with van der Waals surface area (Å²) in [6.07, 6.45) is 4.09. The third-order valence-electron chi connectivity index (χ3n) is 1.96. The maximum Gasteiger partial charge on any atom is 0.484 e. The molecular weight excluding hydrogens is 172 g/mol. The van der Waals surface area contributed by atoms with E-state index in [0.717, 1.165) is 0 Å². The minimum absolute atomic E-state index is 0.430. The van der Waals surface area contributed by atoms with Crippen LogP contribution in [0.5, 0.6) is 0 Å². The van der Waals surface area contributed by atoms with Gasteiger partial charge in [-0.15, -0.1) is 0 Å². The fraction of sp³-hybridized carbons (Fsp3) is 1.00. The number of hydrogen-bond acceptors (Lipinski definition) is 3. The monoisotopic (exact) mass is 190 g/mol. The summed E-state index contributed by atoms with van der Waals surface area (Å²) in [5.41, 5.74) is 0. The van der Waals surface area contributed by atoms with Crippen LogP contribution >= 0.6 is 0 Å². The molecule has 0 radical (unpaired) electrons. The van der Waals surface area contributed by atoms with Crippen LogP contribution in [0.2, 0.25) is 0 Å². The molecule has 0 spiro atoms. The lowest BCUT2D eigenvalue weighted by Gasteiger charge is -2.28. The fourth-order valence-corrected chi connectivity index (χ4v) is 2.45. The first-order chi connectivity index (χ1) is 5.86. The Hall–Kier alpha value is 0.0969. The van der Waals surface area contributed by atoms with Crippen LogP contribution in [0.15, 0.2) is 0 Å². The molecule has 0 atom stereocenters. The van der Waals surface area contributed by atoms with Crippen LogP contribution in [0.1, 0.15) is 33.1 Å². The molecule has 1 aliphatic rings. The van der Waals surface area contributed by atoms with Crippen LogP contribution < -0.4 is 0 Å². The molecule has 0 aromatic rings. The average molecular weight is 190 g/mol. The Kier molecular flexibility index (Phi) is 4.83. The molecule has 0 aromatic heterocycles. The molecule has 1 saturated carbocycles. The maximum absolute atomic E-state index is 5.66. The van der Waals surface area contributed by atoms with Crippen molar-refractivity contribution in [2.45, 2.75) is 39.2 Å². The minimum Gasteiger partial charge on any atom is -0.376 e. The highest BCUT2D eigenvalue weighted by atomic mass is 28.3. The van der Waals surface area contributed by atoms with Gasteiger partial charge < -0.3 is 13.3 Å². The van der Waals surface area contributed by atoms with E-state index in [1.54, 1.807) is 0 Å². The normalized spacial score (nSPS) is 18.2. The van der Waals surface area contributed by atoms with Gasteiger partial charge in [0.2, 0.25) is 0 Å². The van der Waals surface area contributed by atoms with E-state index < -0.39 is 9.53 Å². The molecule has 0 amide bonds. The van der Waals surface area contributed by atoms with Crippen molar-refractivity contribution in [1.82, 2.24) is 0 Å². The van der Waals surface area contributed by atoms with Crippen LogP contribution in [0.3, 0.4) is 0 Å². The lowest BCUT2D eigenvalue weighted by Crippen LogP contribution is -2.35. The van der Waals surface area contributed by atoms with E-state index in [1.165, 1.54) is 19.3 Å². The van der Waals surface area contributed by atoms with Gasteiger partial charge in [-0.3, -0.25) is 0 Å². The molecule has 12 heavy (non-hydrogen) atoms. The van der Waals surface area contributed by atoms with Crippen molar-refractivity contribution >= 4 is 9.53 Å². The first-order valence-corrected chi connectivity index (χ1v) is 6.17. The Morgan fingerprint density at radius 2 is 1.75 bits per heavy atom. The Morgan fingerprint density at radius 3 is 2.08 bits per heavy atom.